The van der Waals surface area contributed by atoms with Gasteiger partial charge in [0.15, 0.2) is 0 Å². The summed E-state index contributed by atoms with van der Waals surface area (Å²) in [6.45, 7) is 9.86. The topological polar surface area (TPSA) is 81.2 Å². The maximum atomic E-state index is 14.7. The maximum Gasteiger partial charge on any atom is 0.251 e. The first-order valence-electron chi connectivity index (χ1n) is 14.1. The molecule has 3 amide bonds. The van der Waals surface area contributed by atoms with Crippen molar-refractivity contribution >= 4 is 68.4 Å². The highest BCUT2D eigenvalue weighted by Crippen LogP contribution is 2.68. The van der Waals surface area contributed by atoms with Gasteiger partial charge in [-0.3, -0.25) is 14.4 Å². The van der Waals surface area contributed by atoms with E-state index in [4.69, 9.17) is 11.6 Å². The minimum atomic E-state index is -0.875. The van der Waals surface area contributed by atoms with Gasteiger partial charge in [0.25, 0.3) is 5.91 Å². The number of carbonyl (C=O) groups excluding carboxylic acids is 3. The van der Waals surface area contributed by atoms with Gasteiger partial charge in [-0.05, 0) is 49.2 Å². The van der Waals surface area contributed by atoms with Crippen molar-refractivity contribution in [1.29, 1.82) is 0 Å². The van der Waals surface area contributed by atoms with Crippen LogP contribution in [-0.2, 0) is 14.4 Å². The molecule has 222 valence electrons. The van der Waals surface area contributed by atoms with Crippen LogP contribution in [0.5, 0.6) is 0 Å². The average Bonchev–Trinajstić information content (AvgIpc) is 3.59. The number of nitrogens with zero attached hydrogens (tertiary/aromatic N) is 3. The van der Waals surface area contributed by atoms with Gasteiger partial charge in [-0.2, -0.15) is 0 Å². The van der Waals surface area contributed by atoms with Crippen molar-refractivity contribution in [2.45, 2.75) is 46.7 Å². The van der Waals surface area contributed by atoms with Crippen LogP contribution >= 0.6 is 39.3 Å². The van der Waals surface area contributed by atoms with E-state index < -0.39 is 28.7 Å². The van der Waals surface area contributed by atoms with E-state index in [-0.39, 0.29) is 41.0 Å². The second-order valence-corrected chi connectivity index (χ2v) is 14.1. The molecule has 3 saturated heterocycles. The molecule has 0 saturated carbocycles. The number of aliphatic hydroxyl groups excluding tert-OH is 1. The number of likely N-dealkylation sites (tertiary alicyclic amines) is 1. The van der Waals surface area contributed by atoms with Gasteiger partial charge in [0.05, 0.1) is 29.2 Å². The number of fused-ring (bicyclic) bond motifs is 1. The number of halogens is 2. The summed E-state index contributed by atoms with van der Waals surface area (Å²) in [5.41, 5.74) is 1.36. The van der Waals surface area contributed by atoms with Gasteiger partial charge in [-0.15, -0.1) is 24.9 Å². The van der Waals surface area contributed by atoms with Crippen molar-refractivity contribution in [3.8, 4) is 0 Å². The van der Waals surface area contributed by atoms with Gasteiger partial charge >= 0.3 is 0 Å². The van der Waals surface area contributed by atoms with Crippen LogP contribution in [-0.4, -0.2) is 74.3 Å². The Morgan fingerprint density at radius 1 is 1.10 bits per heavy atom. The molecule has 2 aromatic carbocycles. The Kier molecular flexibility index (Phi) is 9.23. The second kappa shape index (κ2) is 12.6. The van der Waals surface area contributed by atoms with Gasteiger partial charge in [0.1, 0.15) is 6.04 Å². The van der Waals surface area contributed by atoms with Gasteiger partial charge < -0.3 is 19.8 Å². The highest BCUT2D eigenvalue weighted by molar-refractivity contribution is 9.09. The molecular formula is C32H35BrClN3O4S. The molecule has 0 aromatic heterocycles. The highest BCUT2D eigenvalue weighted by atomic mass is 79.9. The molecule has 1 N–H and O–H groups in total. The zero-order valence-electron chi connectivity index (χ0n) is 23.4. The van der Waals surface area contributed by atoms with Crippen molar-refractivity contribution in [3.63, 3.8) is 0 Å². The van der Waals surface area contributed by atoms with Crippen LogP contribution in [0.2, 0.25) is 5.02 Å². The minimum absolute atomic E-state index is 0.0744. The summed E-state index contributed by atoms with van der Waals surface area (Å²) < 4.78 is -0.849. The number of para-hydroxylation sites is 1. The summed E-state index contributed by atoms with van der Waals surface area (Å²) in [4.78, 5) is 48.5. The van der Waals surface area contributed by atoms with Crippen LogP contribution in [0.15, 0.2) is 79.9 Å². The number of benzene rings is 2. The Morgan fingerprint density at radius 2 is 1.69 bits per heavy atom. The van der Waals surface area contributed by atoms with E-state index in [1.807, 2.05) is 37.3 Å². The van der Waals surface area contributed by atoms with E-state index in [0.717, 1.165) is 5.69 Å². The van der Waals surface area contributed by atoms with E-state index in [1.165, 1.54) is 0 Å². The number of rotatable bonds is 11. The predicted molar refractivity (Wildman–Crippen MR) is 173 cm³/mol. The molecule has 3 fully saturated rings. The van der Waals surface area contributed by atoms with Crippen LogP contribution in [0.3, 0.4) is 0 Å². The number of hydrogen-bond donors (Lipinski definition) is 1. The first kappa shape index (κ1) is 30.9. The molecule has 42 heavy (non-hydrogen) atoms. The Balaban J connectivity index is 1.61. The molecule has 0 aliphatic carbocycles. The minimum Gasteiger partial charge on any atom is -0.394 e. The summed E-state index contributed by atoms with van der Waals surface area (Å²) >= 11 is 11.6. The first-order chi connectivity index (χ1) is 20.2. The number of carbonyl (C=O) groups is 3. The Bertz CT molecular complexity index is 1360. The Hall–Kier alpha value is -2.59. The lowest BCUT2D eigenvalue weighted by molar-refractivity contribution is -0.141. The molecule has 3 aliphatic heterocycles. The number of anilines is 2. The Labute approximate surface area is 264 Å². The van der Waals surface area contributed by atoms with Gasteiger partial charge in [0, 0.05) is 39.6 Å². The molecule has 0 radical (unpaired) electrons. The van der Waals surface area contributed by atoms with Crippen LogP contribution < -0.4 is 9.80 Å². The second-order valence-electron chi connectivity index (χ2n) is 10.9. The molecule has 7 atom stereocenters. The van der Waals surface area contributed by atoms with Crippen LogP contribution in [0.4, 0.5) is 11.4 Å². The van der Waals surface area contributed by atoms with Crippen molar-refractivity contribution < 1.29 is 19.5 Å². The number of alkyl halides is 1. The fourth-order valence-corrected chi connectivity index (χ4v) is 10.6. The Morgan fingerprint density at radius 3 is 2.26 bits per heavy atom. The smallest absolute Gasteiger partial charge is 0.251 e. The summed E-state index contributed by atoms with van der Waals surface area (Å²) in [6.07, 6.45) is 4.35. The molecule has 5 rings (SSSR count). The highest BCUT2D eigenvalue weighted by Gasteiger charge is 2.76. The normalized spacial score (nSPS) is 28.3. The van der Waals surface area contributed by atoms with Crippen LogP contribution in [0, 0.1) is 11.8 Å². The zero-order valence-corrected chi connectivity index (χ0v) is 26.6. The van der Waals surface area contributed by atoms with E-state index in [2.05, 4.69) is 29.1 Å². The number of aliphatic hydroxyl groups is 1. The van der Waals surface area contributed by atoms with Crippen LogP contribution in [0.1, 0.15) is 19.8 Å². The van der Waals surface area contributed by atoms with E-state index in [1.54, 1.807) is 62.9 Å². The largest absolute Gasteiger partial charge is 0.394 e. The summed E-state index contributed by atoms with van der Waals surface area (Å²) in [6, 6.07) is 14.9. The number of amides is 3. The molecule has 7 nitrogen and oxygen atoms in total. The lowest BCUT2D eigenvalue weighted by atomic mass is 9.70. The number of thioether (sulfide) groups is 1. The van der Waals surface area contributed by atoms with Crippen molar-refractivity contribution in [2.24, 2.45) is 11.8 Å². The average molecular weight is 673 g/mol. The molecule has 2 bridgehead atoms. The molecular weight excluding hydrogens is 638 g/mol. The third-order valence-electron chi connectivity index (χ3n) is 8.68. The quantitative estimate of drug-likeness (QED) is 0.259. The lowest BCUT2D eigenvalue weighted by Crippen LogP contribution is -2.58. The van der Waals surface area contributed by atoms with E-state index in [9.17, 15) is 19.5 Å². The maximum absolute atomic E-state index is 14.7. The first-order valence-corrected chi connectivity index (χ1v) is 16.3. The van der Waals surface area contributed by atoms with Crippen molar-refractivity contribution in [1.82, 2.24) is 4.90 Å². The van der Waals surface area contributed by atoms with Crippen LogP contribution in [0.25, 0.3) is 0 Å². The van der Waals surface area contributed by atoms with E-state index >= 15 is 0 Å². The predicted octanol–water partition coefficient (Wildman–Crippen LogP) is 5.31. The standard InChI is InChI=1S/C32H35BrClN3O4S/c1-4-16-35(22-10-8-7-9-11-22)29(39)25-26-30(40)37(21(6-3)19-38)28(32(26)18-24(33)27(25)42-32)31(41)36(17-5-2)23-14-12-20(34)13-15-23/h4-5,7-15,21,24-28,38H,1-2,6,16-19H2,3H3/t21-,24?,25+,26-,27+,28?,32?/m0/s1. The summed E-state index contributed by atoms with van der Waals surface area (Å²) in [5, 5.41) is 10.8. The zero-order chi connectivity index (χ0) is 30.2. The molecule has 10 heteroatoms. The van der Waals surface area contributed by atoms with E-state index in [0.29, 0.717) is 30.1 Å². The summed E-state index contributed by atoms with van der Waals surface area (Å²) in [5.74, 6) is -2.03. The van der Waals surface area contributed by atoms with Gasteiger partial charge in [0.2, 0.25) is 11.8 Å². The SMILES string of the molecule is C=CCN(C(=O)C1N([C@@H](CC)CO)C(=O)[C@@H]2[C@@H](C(=O)N(CC=C)c3ccccc3)[C@@H]3SC12CC3Br)c1ccc(Cl)cc1. The fraction of sp³-hybridized carbons (Fsp3) is 0.406. The molecule has 1 spiro atoms. The fourth-order valence-electron chi connectivity index (χ4n) is 6.90. The third kappa shape index (κ3) is 5.02. The van der Waals surface area contributed by atoms with Crippen molar-refractivity contribution in [2.75, 3.05) is 29.5 Å². The monoisotopic (exact) mass is 671 g/mol. The molecule has 3 heterocycles. The molecule has 3 unspecified atom stereocenters. The third-order valence-corrected chi connectivity index (χ3v) is 12.2. The molecule has 3 aliphatic rings. The number of hydrogen-bond acceptors (Lipinski definition) is 5. The van der Waals surface area contributed by atoms with Crippen molar-refractivity contribution in [3.05, 3.63) is 84.9 Å². The molecule has 2 aromatic rings. The lowest BCUT2D eigenvalue weighted by Gasteiger charge is -2.40. The van der Waals surface area contributed by atoms with Gasteiger partial charge in [-0.25, -0.2) is 0 Å². The summed E-state index contributed by atoms with van der Waals surface area (Å²) in [7, 11) is 0. The van der Waals surface area contributed by atoms with Gasteiger partial charge in [-0.1, -0.05) is 64.8 Å².